The summed E-state index contributed by atoms with van der Waals surface area (Å²) in [5, 5.41) is 0. The van der Waals surface area contributed by atoms with Crippen LogP contribution in [0.25, 0.3) is 0 Å². The molecule has 0 atom stereocenters. The second kappa shape index (κ2) is 14.9. The minimum Gasteiger partial charge on any atom is -0.369 e. The summed E-state index contributed by atoms with van der Waals surface area (Å²) in [6, 6.07) is 32.1. The smallest absolute Gasteiger partial charge is 0.329 e. The third kappa shape index (κ3) is 8.05. The molecule has 0 aliphatic rings. The van der Waals surface area contributed by atoms with Crippen LogP contribution >= 0.6 is 11.8 Å². The third-order valence-corrected chi connectivity index (χ3v) is 7.99. The Hall–Kier alpha value is -5.09. The molecule has 0 unspecified atom stereocenters. The van der Waals surface area contributed by atoms with E-state index in [1.165, 1.54) is 31.4 Å². The van der Waals surface area contributed by atoms with Gasteiger partial charge in [-0.15, -0.1) is 11.8 Å². The maximum atomic E-state index is 14.3. The van der Waals surface area contributed by atoms with Gasteiger partial charge < -0.3 is 15.5 Å². The summed E-state index contributed by atoms with van der Waals surface area (Å²) in [5.74, 6) is -1.34. The fourth-order valence-electron chi connectivity index (χ4n) is 4.52. The van der Waals surface area contributed by atoms with E-state index in [4.69, 9.17) is 5.73 Å². The molecule has 0 saturated heterocycles. The Kier molecular flexibility index (Phi) is 10.8. The normalized spacial score (nSPS) is 10.5. The van der Waals surface area contributed by atoms with Gasteiger partial charge in [0.25, 0.3) is 0 Å². The van der Waals surface area contributed by atoms with Gasteiger partial charge in [0.05, 0.1) is 11.4 Å². The fraction of sp³-hybridized carbons (Fsp3) is 0.176. The number of urea groups is 1. The van der Waals surface area contributed by atoms with Crippen molar-refractivity contribution >= 4 is 58.3 Å². The Labute approximate surface area is 261 Å². The Morgan fingerprint density at radius 2 is 1.20 bits per heavy atom. The summed E-state index contributed by atoms with van der Waals surface area (Å²) in [4.78, 5) is 59.7. The number of likely N-dealkylation sites (N-methyl/N-ethyl adjacent to an activating group) is 1. The van der Waals surface area contributed by atoms with E-state index in [0.29, 0.717) is 27.6 Å². The molecular formula is C34H35N5O4S. The molecule has 0 aliphatic carbocycles. The minimum atomic E-state index is -0.511. The number of carbonyl (C=O) groups is 4. The van der Waals surface area contributed by atoms with Crippen molar-refractivity contribution < 1.29 is 19.2 Å². The molecule has 0 saturated carbocycles. The van der Waals surface area contributed by atoms with E-state index in [2.05, 4.69) is 0 Å². The van der Waals surface area contributed by atoms with Crippen LogP contribution in [0.2, 0.25) is 0 Å². The molecule has 0 spiro atoms. The zero-order valence-electron chi connectivity index (χ0n) is 24.9. The van der Waals surface area contributed by atoms with Crippen LogP contribution in [0.3, 0.4) is 0 Å². The Morgan fingerprint density at radius 1 is 0.636 bits per heavy atom. The molecule has 0 radical (unpaired) electrons. The lowest BCUT2D eigenvalue weighted by molar-refractivity contribution is -0.121. The van der Waals surface area contributed by atoms with Crippen LogP contribution in [0.15, 0.2) is 114 Å². The number of carbonyl (C=O) groups excluding carboxylic acids is 4. The number of amides is 5. The van der Waals surface area contributed by atoms with Crippen molar-refractivity contribution in [2.75, 3.05) is 52.5 Å². The van der Waals surface area contributed by atoms with E-state index in [1.807, 2.05) is 55.5 Å². The largest absolute Gasteiger partial charge is 0.369 e. The molecule has 4 aromatic rings. The molecule has 0 aromatic heterocycles. The van der Waals surface area contributed by atoms with Gasteiger partial charge in [0.1, 0.15) is 13.1 Å². The summed E-state index contributed by atoms with van der Waals surface area (Å²) < 4.78 is 0. The molecule has 0 fully saturated rings. The molecule has 4 aromatic carbocycles. The molecule has 2 N–H and O–H groups in total. The quantitative estimate of drug-likeness (QED) is 0.231. The number of hydrogen-bond acceptors (Lipinski definition) is 5. The Bertz CT molecular complexity index is 1620. The molecular weight excluding hydrogens is 574 g/mol. The number of rotatable bonds is 11. The number of anilines is 4. The van der Waals surface area contributed by atoms with Gasteiger partial charge in [-0.25, -0.2) is 4.79 Å². The van der Waals surface area contributed by atoms with E-state index in [-0.39, 0.29) is 24.7 Å². The van der Waals surface area contributed by atoms with Gasteiger partial charge in [-0.05, 0) is 61.0 Å². The first-order valence-electron chi connectivity index (χ1n) is 13.9. The lowest BCUT2D eigenvalue weighted by Gasteiger charge is -2.32. The van der Waals surface area contributed by atoms with Gasteiger partial charge in [0.2, 0.25) is 17.7 Å². The first-order valence-corrected chi connectivity index (χ1v) is 14.9. The third-order valence-electron chi connectivity index (χ3n) is 6.91. The lowest BCUT2D eigenvalue weighted by atomic mass is 10.2. The van der Waals surface area contributed by atoms with E-state index in [9.17, 15) is 19.2 Å². The average molecular weight is 610 g/mol. The highest BCUT2D eigenvalue weighted by Crippen LogP contribution is 2.31. The minimum absolute atomic E-state index is 0.00712. The van der Waals surface area contributed by atoms with Crippen molar-refractivity contribution in [2.45, 2.75) is 11.8 Å². The lowest BCUT2D eigenvalue weighted by Crippen LogP contribution is -2.50. The van der Waals surface area contributed by atoms with Crippen LogP contribution in [-0.2, 0) is 14.4 Å². The predicted molar refractivity (Wildman–Crippen MR) is 177 cm³/mol. The maximum Gasteiger partial charge on any atom is 0.329 e. The van der Waals surface area contributed by atoms with Crippen LogP contribution < -0.4 is 25.3 Å². The number of nitrogens with two attached hydrogens (primary N) is 1. The second-order valence-corrected chi connectivity index (χ2v) is 11.1. The molecule has 4 rings (SSSR count). The highest BCUT2D eigenvalue weighted by Gasteiger charge is 2.29. The first kappa shape index (κ1) is 31.8. The number of hydrogen-bond donors (Lipinski definition) is 1. The second-order valence-electron chi connectivity index (χ2n) is 10.1. The summed E-state index contributed by atoms with van der Waals surface area (Å²) in [5.41, 5.74) is 8.70. The topological polar surface area (TPSA) is 107 Å². The van der Waals surface area contributed by atoms with Gasteiger partial charge >= 0.3 is 6.03 Å². The van der Waals surface area contributed by atoms with Crippen molar-refractivity contribution in [1.29, 1.82) is 0 Å². The summed E-state index contributed by atoms with van der Waals surface area (Å²) in [6.07, 6.45) is 0. The Balaban J connectivity index is 1.71. The van der Waals surface area contributed by atoms with Gasteiger partial charge in [0.15, 0.2) is 0 Å². The molecule has 10 heteroatoms. The molecule has 9 nitrogen and oxygen atoms in total. The van der Waals surface area contributed by atoms with E-state index in [0.717, 1.165) is 5.56 Å². The maximum absolute atomic E-state index is 14.3. The van der Waals surface area contributed by atoms with Gasteiger partial charge in [-0.1, -0.05) is 60.7 Å². The molecule has 0 bridgehead atoms. The van der Waals surface area contributed by atoms with Crippen molar-refractivity contribution in [3.05, 3.63) is 115 Å². The van der Waals surface area contributed by atoms with Crippen LogP contribution in [0.1, 0.15) is 5.56 Å². The van der Waals surface area contributed by atoms with Crippen LogP contribution in [-0.4, -0.2) is 56.7 Å². The molecule has 5 amide bonds. The van der Waals surface area contributed by atoms with Gasteiger partial charge in [0, 0.05) is 36.1 Å². The predicted octanol–water partition coefficient (Wildman–Crippen LogP) is 5.33. The van der Waals surface area contributed by atoms with Crippen molar-refractivity contribution in [1.82, 2.24) is 0 Å². The fourth-order valence-corrected chi connectivity index (χ4v) is 5.32. The number of nitrogens with zero attached hydrogens (tertiary/aromatic N) is 4. The zero-order valence-corrected chi connectivity index (χ0v) is 25.7. The SMILES string of the molecule is Cc1cccc(N(C)C(=O)N(CC(=O)N(CC(=O)N(C)c2ccccc2)c2ccccc2SCC(N)=O)c2ccccc2)c1. The standard InChI is InChI=1S/C34H35N5O4S/c1-25-13-12-18-28(21-25)37(3)34(43)38(27-16-8-5-9-17-27)23-33(42)39(22-32(41)36(2)26-14-6-4-7-15-26)29-19-10-11-20-30(29)44-24-31(35)40/h4-21H,22-24H2,1-3H3,(H2,35,40). The highest BCUT2D eigenvalue weighted by molar-refractivity contribution is 8.00. The number of benzene rings is 4. The van der Waals surface area contributed by atoms with Gasteiger partial charge in [-0.3, -0.25) is 24.2 Å². The van der Waals surface area contributed by atoms with Gasteiger partial charge in [-0.2, -0.15) is 0 Å². The molecule has 0 aliphatic heterocycles. The summed E-state index contributed by atoms with van der Waals surface area (Å²) >= 11 is 1.18. The van der Waals surface area contributed by atoms with Crippen molar-refractivity contribution in [3.8, 4) is 0 Å². The van der Waals surface area contributed by atoms with Crippen molar-refractivity contribution in [3.63, 3.8) is 0 Å². The van der Waals surface area contributed by atoms with E-state index < -0.39 is 17.8 Å². The van der Waals surface area contributed by atoms with Crippen molar-refractivity contribution in [2.24, 2.45) is 5.73 Å². The molecule has 0 heterocycles. The first-order chi connectivity index (χ1) is 21.2. The highest BCUT2D eigenvalue weighted by atomic mass is 32.2. The monoisotopic (exact) mass is 609 g/mol. The average Bonchev–Trinajstić information content (AvgIpc) is 3.04. The number of thioether (sulfide) groups is 1. The number of primary amides is 1. The van der Waals surface area contributed by atoms with Crippen LogP contribution in [0.5, 0.6) is 0 Å². The zero-order chi connectivity index (χ0) is 31.6. The van der Waals surface area contributed by atoms with Crippen LogP contribution in [0, 0.1) is 6.92 Å². The summed E-state index contributed by atoms with van der Waals surface area (Å²) in [6.45, 7) is 1.29. The molecule has 44 heavy (non-hydrogen) atoms. The van der Waals surface area contributed by atoms with E-state index in [1.54, 1.807) is 74.8 Å². The Morgan fingerprint density at radius 3 is 1.84 bits per heavy atom. The van der Waals surface area contributed by atoms with Crippen LogP contribution in [0.4, 0.5) is 27.5 Å². The molecule has 226 valence electrons. The number of aryl methyl sites for hydroxylation is 1. The summed E-state index contributed by atoms with van der Waals surface area (Å²) in [7, 11) is 3.30. The van der Waals surface area contributed by atoms with E-state index >= 15 is 0 Å². The number of para-hydroxylation sites is 3.